The first-order valence-electron chi connectivity index (χ1n) is 7.93. The first-order chi connectivity index (χ1) is 11.1. The molecule has 1 saturated heterocycles. The molecule has 1 aliphatic rings. The largest absolute Gasteiger partial charge is 0.381 e. The normalized spacial score (nSPS) is 17.6. The summed E-state index contributed by atoms with van der Waals surface area (Å²) >= 11 is 3.47. The maximum atomic E-state index is 12.2. The summed E-state index contributed by atoms with van der Waals surface area (Å²) in [6.07, 6.45) is 1.87. The number of hydrogen-bond acceptors (Lipinski definition) is 4. The van der Waals surface area contributed by atoms with Crippen molar-refractivity contribution in [2.45, 2.75) is 30.8 Å². The summed E-state index contributed by atoms with van der Waals surface area (Å²) in [6, 6.07) is 8.34. The Hall–Kier alpha value is -0.660. The van der Waals surface area contributed by atoms with Crippen molar-refractivity contribution in [3.63, 3.8) is 0 Å². The zero-order chi connectivity index (χ0) is 16.7. The summed E-state index contributed by atoms with van der Waals surface area (Å²) < 4.78 is 11.7. The first-order valence-corrected chi connectivity index (χ1v) is 8.72. The Kier molecular flexibility index (Phi) is 9.23. The van der Waals surface area contributed by atoms with Gasteiger partial charge in [0.05, 0.1) is 12.5 Å². The van der Waals surface area contributed by atoms with Crippen LogP contribution in [0, 0.1) is 0 Å². The highest BCUT2D eigenvalue weighted by Gasteiger charge is 2.34. The molecule has 1 unspecified atom stereocenters. The fourth-order valence-corrected chi connectivity index (χ4v) is 3.21. The predicted octanol–water partition coefficient (Wildman–Crippen LogP) is 2.40. The van der Waals surface area contributed by atoms with Crippen LogP contribution in [0.5, 0.6) is 0 Å². The lowest BCUT2D eigenvalue weighted by Gasteiger charge is -2.38. The van der Waals surface area contributed by atoms with Crippen LogP contribution in [-0.2, 0) is 19.7 Å². The molecule has 1 heterocycles. The van der Waals surface area contributed by atoms with Gasteiger partial charge < -0.3 is 20.5 Å². The quantitative estimate of drug-likeness (QED) is 0.709. The van der Waals surface area contributed by atoms with Gasteiger partial charge in [-0.1, -0.05) is 28.1 Å². The molecular weight excluding hydrogens is 396 g/mol. The maximum Gasteiger partial charge on any atom is 0.222 e. The van der Waals surface area contributed by atoms with Gasteiger partial charge in [-0.25, -0.2) is 0 Å². The zero-order valence-electron chi connectivity index (χ0n) is 13.9. The molecule has 3 N–H and O–H groups in total. The van der Waals surface area contributed by atoms with Gasteiger partial charge in [0.15, 0.2) is 0 Å². The highest BCUT2D eigenvalue weighted by atomic mass is 79.9. The molecule has 136 valence electrons. The topological polar surface area (TPSA) is 73.6 Å². The molecule has 24 heavy (non-hydrogen) atoms. The fourth-order valence-electron chi connectivity index (χ4n) is 2.94. The summed E-state index contributed by atoms with van der Waals surface area (Å²) in [4.78, 5) is 12.2. The van der Waals surface area contributed by atoms with E-state index in [9.17, 15) is 4.79 Å². The number of nitrogens with one attached hydrogen (secondary N) is 1. The second-order valence-electron chi connectivity index (χ2n) is 5.97. The molecule has 2 rings (SSSR count). The number of rotatable bonds is 7. The molecule has 1 aromatic rings. The van der Waals surface area contributed by atoms with E-state index in [1.165, 1.54) is 5.56 Å². The van der Waals surface area contributed by atoms with Gasteiger partial charge in [0.1, 0.15) is 0 Å². The summed E-state index contributed by atoms with van der Waals surface area (Å²) in [5.74, 6) is -0.0229. The Labute approximate surface area is 158 Å². The van der Waals surface area contributed by atoms with Gasteiger partial charge in [-0.3, -0.25) is 4.79 Å². The van der Waals surface area contributed by atoms with Gasteiger partial charge in [-0.05, 0) is 30.5 Å². The average Bonchev–Trinajstić information content (AvgIpc) is 2.59. The van der Waals surface area contributed by atoms with Crippen molar-refractivity contribution in [2.75, 3.05) is 33.4 Å². The molecule has 1 amide bonds. The number of benzene rings is 1. The van der Waals surface area contributed by atoms with Crippen LogP contribution in [-0.4, -0.2) is 45.4 Å². The van der Waals surface area contributed by atoms with Crippen LogP contribution < -0.4 is 11.1 Å². The highest BCUT2D eigenvalue weighted by Crippen LogP contribution is 2.35. The molecule has 0 spiro atoms. The predicted molar refractivity (Wildman–Crippen MR) is 101 cm³/mol. The van der Waals surface area contributed by atoms with E-state index in [-0.39, 0.29) is 29.8 Å². The number of carbonyl (C=O) groups is 1. The van der Waals surface area contributed by atoms with E-state index in [0.29, 0.717) is 19.5 Å². The Morgan fingerprint density at radius 2 is 2.00 bits per heavy atom. The van der Waals surface area contributed by atoms with Crippen LogP contribution in [0.1, 0.15) is 24.8 Å². The molecule has 0 bridgehead atoms. The van der Waals surface area contributed by atoms with Crippen LogP contribution in [0.15, 0.2) is 28.7 Å². The minimum absolute atomic E-state index is 0. The van der Waals surface area contributed by atoms with E-state index in [2.05, 4.69) is 33.4 Å². The van der Waals surface area contributed by atoms with Crippen molar-refractivity contribution in [1.29, 1.82) is 0 Å². The Morgan fingerprint density at radius 3 is 2.54 bits per heavy atom. The SMILES string of the molecule is COC(CN)CC(=O)NCC1(c2ccc(Br)cc2)CCOCC1.Cl. The van der Waals surface area contributed by atoms with Crippen LogP contribution in [0.3, 0.4) is 0 Å². The van der Waals surface area contributed by atoms with Gasteiger partial charge in [0.2, 0.25) is 5.91 Å². The van der Waals surface area contributed by atoms with Crippen LogP contribution in [0.25, 0.3) is 0 Å². The molecule has 7 heteroatoms. The molecule has 1 atom stereocenters. The van der Waals surface area contributed by atoms with Gasteiger partial charge in [-0.2, -0.15) is 0 Å². The van der Waals surface area contributed by atoms with E-state index in [0.717, 1.165) is 30.5 Å². The van der Waals surface area contributed by atoms with E-state index in [1.807, 2.05) is 12.1 Å². The second-order valence-corrected chi connectivity index (χ2v) is 6.89. The lowest BCUT2D eigenvalue weighted by Crippen LogP contribution is -2.45. The summed E-state index contributed by atoms with van der Waals surface area (Å²) in [7, 11) is 1.58. The van der Waals surface area contributed by atoms with Crippen molar-refractivity contribution in [2.24, 2.45) is 5.73 Å². The maximum absolute atomic E-state index is 12.2. The third-order valence-corrected chi connectivity index (χ3v) is 5.07. The van der Waals surface area contributed by atoms with Crippen LogP contribution in [0.4, 0.5) is 0 Å². The van der Waals surface area contributed by atoms with Crippen LogP contribution in [0.2, 0.25) is 0 Å². The molecule has 0 radical (unpaired) electrons. The van der Waals surface area contributed by atoms with Gasteiger partial charge in [-0.15, -0.1) is 12.4 Å². The number of halogens is 2. The van der Waals surface area contributed by atoms with E-state index in [4.69, 9.17) is 15.2 Å². The number of nitrogens with two attached hydrogens (primary N) is 1. The summed E-state index contributed by atoms with van der Waals surface area (Å²) in [5.41, 5.74) is 6.75. The van der Waals surface area contributed by atoms with Crippen molar-refractivity contribution in [3.8, 4) is 0 Å². The number of amides is 1. The number of carbonyl (C=O) groups excluding carboxylic acids is 1. The molecule has 1 aromatic carbocycles. The monoisotopic (exact) mass is 420 g/mol. The van der Waals surface area contributed by atoms with E-state index >= 15 is 0 Å². The van der Waals surface area contributed by atoms with Gasteiger partial charge >= 0.3 is 0 Å². The standard InChI is InChI=1S/C17H25BrN2O3.ClH/c1-22-15(11-19)10-16(21)20-12-17(6-8-23-9-7-17)13-2-4-14(18)5-3-13;/h2-5,15H,6-12,19H2,1H3,(H,20,21);1H. The molecule has 1 fully saturated rings. The van der Waals surface area contributed by atoms with Crippen molar-refractivity contribution in [3.05, 3.63) is 34.3 Å². The fraction of sp³-hybridized carbons (Fsp3) is 0.588. The highest BCUT2D eigenvalue weighted by molar-refractivity contribution is 9.10. The lowest BCUT2D eigenvalue weighted by atomic mass is 9.74. The molecule has 1 aliphatic heterocycles. The molecule has 5 nitrogen and oxygen atoms in total. The first kappa shape index (κ1) is 21.4. The molecule has 0 aliphatic carbocycles. The number of methoxy groups -OCH3 is 1. The van der Waals surface area contributed by atoms with E-state index in [1.54, 1.807) is 7.11 Å². The van der Waals surface area contributed by atoms with Crippen molar-refractivity contribution < 1.29 is 14.3 Å². The third-order valence-electron chi connectivity index (χ3n) is 4.54. The summed E-state index contributed by atoms with van der Waals surface area (Å²) in [5, 5.41) is 3.06. The minimum Gasteiger partial charge on any atom is -0.381 e. The van der Waals surface area contributed by atoms with Crippen molar-refractivity contribution in [1.82, 2.24) is 5.32 Å². The van der Waals surface area contributed by atoms with Gasteiger partial charge in [0, 0.05) is 43.3 Å². The summed E-state index contributed by atoms with van der Waals surface area (Å²) in [6.45, 7) is 2.39. The van der Waals surface area contributed by atoms with Crippen molar-refractivity contribution >= 4 is 34.2 Å². The van der Waals surface area contributed by atoms with Crippen LogP contribution >= 0.6 is 28.3 Å². The lowest BCUT2D eigenvalue weighted by molar-refractivity contribution is -0.123. The molecular formula is C17H26BrClN2O3. The Morgan fingerprint density at radius 1 is 1.38 bits per heavy atom. The Balaban J connectivity index is 0.00000288. The third kappa shape index (κ3) is 5.70. The zero-order valence-corrected chi connectivity index (χ0v) is 16.3. The second kappa shape index (κ2) is 10.4. The van der Waals surface area contributed by atoms with E-state index < -0.39 is 0 Å². The Bertz CT molecular complexity index is 503. The minimum atomic E-state index is -0.228. The average molecular weight is 422 g/mol. The van der Waals surface area contributed by atoms with Gasteiger partial charge in [0.25, 0.3) is 0 Å². The molecule has 0 aromatic heterocycles. The number of ether oxygens (including phenoxy) is 2. The molecule has 0 saturated carbocycles. The smallest absolute Gasteiger partial charge is 0.222 e. The number of hydrogen-bond donors (Lipinski definition) is 2.